The van der Waals surface area contributed by atoms with Crippen molar-refractivity contribution < 1.29 is 17.6 Å². The second-order valence-corrected chi connectivity index (χ2v) is 11.0. The molecule has 2 fully saturated rings. The van der Waals surface area contributed by atoms with Gasteiger partial charge in [0.25, 0.3) is 0 Å². The summed E-state index contributed by atoms with van der Waals surface area (Å²) in [6.07, 6.45) is 19.9. The van der Waals surface area contributed by atoms with E-state index in [0.29, 0.717) is 5.92 Å². The van der Waals surface area contributed by atoms with Crippen LogP contribution < -0.4 is 0 Å². The van der Waals surface area contributed by atoms with Gasteiger partial charge in [-0.3, -0.25) is 0 Å². The summed E-state index contributed by atoms with van der Waals surface area (Å²) < 4.78 is 54.3. The maximum absolute atomic E-state index is 13.9. The average Bonchev–Trinajstić information content (AvgIpc) is 2.81. The molecule has 0 nitrogen and oxygen atoms in total. The predicted molar refractivity (Wildman–Crippen MR) is 129 cm³/mol. The average molecular weight is 469 g/mol. The number of rotatable bonds is 11. The first-order valence-electron chi connectivity index (χ1n) is 13.6. The van der Waals surface area contributed by atoms with Crippen LogP contribution in [0.25, 0.3) is 0 Å². The van der Waals surface area contributed by atoms with Crippen molar-refractivity contribution in [1.29, 1.82) is 0 Å². The van der Waals surface area contributed by atoms with Crippen molar-refractivity contribution in [2.75, 3.05) is 0 Å². The van der Waals surface area contributed by atoms with Crippen molar-refractivity contribution in [3.63, 3.8) is 0 Å². The molecular weight excluding hydrogens is 424 g/mol. The molecule has 1 aromatic carbocycles. The Kier molecular flexibility index (Phi) is 9.71. The molecule has 0 atom stereocenters. The van der Waals surface area contributed by atoms with Gasteiger partial charge in [0.15, 0.2) is 0 Å². The quantitative estimate of drug-likeness (QED) is 0.224. The zero-order chi connectivity index (χ0) is 23.9. The molecule has 2 saturated carbocycles. The molecule has 188 valence electrons. The van der Waals surface area contributed by atoms with Gasteiger partial charge in [0.1, 0.15) is 0 Å². The van der Waals surface area contributed by atoms with Crippen LogP contribution in [0.15, 0.2) is 24.3 Å². The van der Waals surface area contributed by atoms with Gasteiger partial charge in [0.2, 0.25) is 0 Å². The maximum atomic E-state index is 13.9. The molecule has 0 N–H and O–H groups in total. The third-order valence-electron chi connectivity index (χ3n) is 8.59. The summed E-state index contributed by atoms with van der Waals surface area (Å²) in [4.78, 5) is 0. The summed E-state index contributed by atoms with van der Waals surface area (Å²) in [5.41, 5.74) is 0.431. The van der Waals surface area contributed by atoms with E-state index in [1.54, 1.807) is 12.1 Å². The van der Waals surface area contributed by atoms with Gasteiger partial charge >= 0.3 is 11.8 Å². The Morgan fingerprint density at radius 2 is 1.21 bits per heavy atom. The van der Waals surface area contributed by atoms with Gasteiger partial charge in [-0.15, -0.1) is 0 Å². The number of unbranched alkanes of at least 4 members (excludes halogenated alkanes) is 5. The molecule has 0 amide bonds. The highest BCUT2D eigenvalue weighted by atomic mass is 19.3. The number of benzene rings is 1. The molecular formula is C29H44F4. The van der Waals surface area contributed by atoms with Crippen LogP contribution in [-0.4, -0.2) is 5.92 Å². The van der Waals surface area contributed by atoms with Gasteiger partial charge in [-0.05, 0) is 67.8 Å². The van der Waals surface area contributed by atoms with Crippen LogP contribution in [-0.2, 0) is 5.92 Å². The molecule has 0 spiro atoms. The van der Waals surface area contributed by atoms with Gasteiger partial charge in [-0.1, -0.05) is 89.0 Å². The second-order valence-electron chi connectivity index (χ2n) is 11.0. The fourth-order valence-electron chi connectivity index (χ4n) is 6.30. The normalized spacial score (nSPS) is 27.0. The standard InChI is InChI=1S/C29H44F4/c1-3-4-5-6-7-8-9-22-10-12-23(13-11-22)24-14-16-25(17-15-24)26-18-20-27(21-19-26)29(32,33)28(2,30)31/h18-25H,3-17H2,1-2H3/t22-,23-,24?,25?. The fraction of sp³-hybridized carbons (Fsp3) is 0.793. The molecule has 2 aliphatic carbocycles. The predicted octanol–water partition coefficient (Wildman–Crippen LogP) is 10.3. The van der Waals surface area contributed by atoms with E-state index in [1.165, 1.54) is 95.6 Å². The van der Waals surface area contributed by atoms with Crippen molar-refractivity contribution >= 4 is 0 Å². The van der Waals surface area contributed by atoms with E-state index in [9.17, 15) is 17.6 Å². The lowest BCUT2D eigenvalue weighted by Crippen LogP contribution is -2.34. The Hall–Kier alpha value is -1.06. The molecule has 0 radical (unpaired) electrons. The van der Waals surface area contributed by atoms with Gasteiger partial charge in [0, 0.05) is 12.5 Å². The van der Waals surface area contributed by atoms with Crippen molar-refractivity contribution in [1.82, 2.24) is 0 Å². The van der Waals surface area contributed by atoms with Crippen LogP contribution in [0.3, 0.4) is 0 Å². The molecule has 0 saturated heterocycles. The van der Waals surface area contributed by atoms with E-state index in [0.717, 1.165) is 36.2 Å². The highest BCUT2D eigenvalue weighted by molar-refractivity contribution is 5.29. The smallest absolute Gasteiger partial charge is 0.200 e. The summed E-state index contributed by atoms with van der Waals surface area (Å²) in [5, 5.41) is 0. The second kappa shape index (κ2) is 12.1. The molecule has 0 unspecified atom stereocenters. The molecule has 33 heavy (non-hydrogen) atoms. The van der Waals surface area contributed by atoms with Crippen LogP contribution in [0.4, 0.5) is 17.6 Å². The maximum Gasteiger partial charge on any atom is 0.335 e. The zero-order valence-electron chi connectivity index (χ0n) is 20.7. The number of hydrogen-bond donors (Lipinski definition) is 0. The molecule has 3 rings (SSSR count). The highest BCUT2D eigenvalue weighted by Crippen LogP contribution is 2.46. The van der Waals surface area contributed by atoms with Crippen molar-refractivity contribution in [3.8, 4) is 0 Å². The summed E-state index contributed by atoms with van der Waals surface area (Å²) >= 11 is 0. The Labute approximate surface area is 198 Å². The summed E-state index contributed by atoms with van der Waals surface area (Å²) in [7, 11) is 0. The Morgan fingerprint density at radius 3 is 1.76 bits per heavy atom. The summed E-state index contributed by atoms with van der Waals surface area (Å²) in [6, 6.07) is 5.69. The van der Waals surface area contributed by atoms with Gasteiger partial charge in [-0.25, -0.2) is 0 Å². The first-order chi connectivity index (χ1) is 15.7. The lowest BCUT2D eigenvalue weighted by atomic mass is 9.68. The van der Waals surface area contributed by atoms with E-state index >= 15 is 0 Å². The first kappa shape index (κ1) is 26.5. The van der Waals surface area contributed by atoms with Crippen molar-refractivity contribution in [3.05, 3.63) is 35.4 Å². The largest absolute Gasteiger partial charge is 0.335 e. The van der Waals surface area contributed by atoms with E-state index < -0.39 is 17.4 Å². The number of hydrogen-bond acceptors (Lipinski definition) is 0. The lowest BCUT2D eigenvalue weighted by Gasteiger charge is -2.38. The minimum Gasteiger partial charge on any atom is -0.200 e. The molecule has 4 heteroatoms. The van der Waals surface area contributed by atoms with Gasteiger partial charge in [0.05, 0.1) is 0 Å². The molecule has 1 aromatic rings. The Bertz CT molecular complexity index is 675. The highest BCUT2D eigenvalue weighted by Gasteiger charge is 2.53. The first-order valence-corrected chi connectivity index (χ1v) is 13.6. The molecule has 0 aliphatic heterocycles. The zero-order valence-corrected chi connectivity index (χ0v) is 20.7. The molecule has 0 bridgehead atoms. The molecule has 0 aromatic heterocycles. The third-order valence-corrected chi connectivity index (χ3v) is 8.59. The molecule has 2 aliphatic rings. The van der Waals surface area contributed by atoms with Crippen LogP contribution in [0.1, 0.15) is 127 Å². The SMILES string of the molecule is CCCCCCCC[C@H]1CC[C@H](C2CCC(c3ccc(C(F)(F)C(C)(F)F)cc3)CC2)CC1. The summed E-state index contributed by atoms with van der Waals surface area (Å²) in [6.45, 7) is 2.55. The van der Waals surface area contributed by atoms with Crippen LogP contribution in [0.5, 0.6) is 0 Å². The van der Waals surface area contributed by atoms with E-state index in [2.05, 4.69) is 6.92 Å². The topological polar surface area (TPSA) is 0 Å². The summed E-state index contributed by atoms with van der Waals surface area (Å²) in [5.74, 6) is -5.21. The van der Waals surface area contributed by atoms with Crippen molar-refractivity contribution in [2.24, 2.45) is 17.8 Å². The van der Waals surface area contributed by atoms with E-state index in [4.69, 9.17) is 0 Å². The van der Waals surface area contributed by atoms with Crippen LogP contribution in [0.2, 0.25) is 0 Å². The van der Waals surface area contributed by atoms with Crippen LogP contribution >= 0.6 is 0 Å². The lowest BCUT2D eigenvalue weighted by molar-refractivity contribution is -0.204. The Balaban J connectivity index is 1.38. The third kappa shape index (κ3) is 7.21. The minimum absolute atomic E-state index is 0.282. The molecule has 0 heterocycles. The van der Waals surface area contributed by atoms with Crippen LogP contribution in [0, 0.1) is 17.8 Å². The van der Waals surface area contributed by atoms with Crippen molar-refractivity contribution in [2.45, 2.75) is 128 Å². The monoisotopic (exact) mass is 468 g/mol. The number of halogens is 4. The minimum atomic E-state index is -4.13. The van der Waals surface area contributed by atoms with E-state index in [-0.39, 0.29) is 6.92 Å². The van der Waals surface area contributed by atoms with Gasteiger partial charge < -0.3 is 0 Å². The van der Waals surface area contributed by atoms with E-state index in [1.807, 2.05) is 0 Å². The van der Waals surface area contributed by atoms with Gasteiger partial charge in [-0.2, -0.15) is 17.6 Å². The number of alkyl halides is 4. The fourth-order valence-corrected chi connectivity index (χ4v) is 6.30. The Morgan fingerprint density at radius 1 is 0.697 bits per heavy atom.